The molecule has 0 saturated heterocycles. The normalized spacial score (nSPS) is 12.8. The van der Waals surface area contributed by atoms with E-state index in [0.717, 1.165) is 11.6 Å². The van der Waals surface area contributed by atoms with Gasteiger partial charge >= 0.3 is 7.60 Å². The van der Waals surface area contributed by atoms with E-state index in [2.05, 4.69) is 0 Å². The SMILES string of the molecule is CC(CC(=O)c1ccc(O)cc1P(=O)(O)O)c1cccc(O)c1. The van der Waals surface area contributed by atoms with Gasteiger partial charge in [-0.3, -0.25) is 9.36 Å². The second kappa shape index (κ2) is 6.54. The Morgan fingerprint density at radius 2 is 1.74 bits per heavy atom. The third-order valence-corrected chi connectivity index (χ3v) is 4.52. The first-order chi connectivity index (χ1) is 10.7. The number of benzene rings is 2. The van der Waals surface area contributed by atoms with Gasteiger partial charge in [-0.25, -0.2) is 0 Å². The molecule has 0 saturated carbocycles. The summed E-state index contributed by atoms with van der Waals surface area (Å²) in [6.45, 7) is 1.78. The van der Waals surface area contributed by atoms with E-state index >= 15 is 0 Å². The maximum atomic E-state index is 12.4. The Kier molecular flexibility index (Phi) is 4.90. The lowest BCUT2D eigenvalue weighted by atomic mass is 9.93. The van der Waals surface area contributed by atoms with Crippen molar-refractivity contribution in [2.75, 3.05) is 0 Å². The lowest BCUT2D eigenvalue weighted by molar-refractivity contribution is 0.0976. The molecule has 122 valence electrons. The Labute approximate surface area is 133 Å². The Balaban J connectivity index is 2.29. The Morgan fingerprint density at radius 1 is 1.09 bits per heavy atom. The average Bonchev–Trinajstić information content (AvgIpc) is 2.46. The second-order valence-electron chi connectivity index (χ2n) is 5.37. The predicted octanol–water partition coefficient (Wildman–Crippen LogP) is 2.28. The summed E-state index contributed by atoms with van der Waals surface area (Å²) in [5.41, 5.74) is 0.637. The van der Waals surface area contributed by atoms with Crippen LogP contribution in [0.2, 0.25) is 0 Å². The van der Waals surface area contributed by atoms with E-state index in [1.807, 2.05) is 0 Å². The molecule has 0 bridgehead atoms. The van der Waals surface area contributed by atoms with Crippen LogP contribution in [0.4, 0.5) is 0 Å². The van der Waals surface area contributed by atoms with E-state index in [1.54, 1.807) is 25.1 Å². The van der Waals surface area contributed by atoms with Crippen molar-refractivity contribution in [1.82, 2.24) is 0 Å². The lowest BCUT2D eigenvalue weighted by Crippen LogP contribution is -2.17. The first kappa shape index (κ1) is 17.2. The fourth-order valence-corrected chi connectivity index (χ4v) is 3.15. The second-order valence-corrected chi connectivity index (χ2v) is 6.94. The number of aromatic hydroxyl groups is 2. The molecule has 1 unspecified atom stereocenters. The Hall–Kier alpha value is -2.14. The van der Waals surface area contributed by atoms with Crippen LogP contribution >= 0.6 is 7.60 Å². The number of phenols is 2. The number of Topliss-reactive ketones (excluding diaryl/α,β-unsaturated/α-hetero) is 1. The predicted molar refractivity (Wildman–Crippen MR) is 85.3 cm³/mol. The van der Waals surface area contributed by atoms with E-state index in [9.17, 15) is 29.4 Å². The molecule has 0 spiro atoms. The third-order valence-electron chi connectivity index (χ3n) is 3.53. The summed E-state index contributed by atoms with van der Waals surface area (Å²) in [6, 6.07) is 9.81. The molecule has 0 fully saturated rings. The van der Waals surface area contributed by atoms with Crippen LogP contribution in [0.1, 0.15) is 35.2 Å². The van der Waals surface area contributed by atoms with Crippen LogP contribution in [0.5, 0.6) is 11.5 Å². The van der Waals surface area contributed by atoms with Crippen molar-refractivity contribution in [3.63, 3.8) is 0 Å². The van der Waals surface area contributed by atoms with Crippen LogP contribution in [-0.2, 0) is 4.57 Å². The molecule has 2 rings (SSSR count). The molecule has 7 heteroatoms. The summed E-state index contributed by atoms with van der Waals surface area (Å²) < 4.78 is 11.5. The first-order valence-electron chi connectivity index (χ1n) is 6.89. The molecule has 4 N–H and O–H groups in total. The molecule has 0 aliphatic rings. The minimum absolute atomic E-state index is 0.0151. The highest BCUT2D eigenvalue weighted by Gasteiger charge is 2.26. The fourth-order valence-electron chi connectivity index (χ4n) is 2.33. The van der Waals surface area contributed by atoms with Gasteiger partial charge in [0.15, 0.2) is 5.78 Å². The molecule has 0 aliphatic heterocycles. The van der Waals surface area contributed by atoms with E-state index < -0.39 is 18.7 Å². The molecule has 23 heavy (non-hydrogen) atoms. The fraction of sp³-hybridized carbons (Fsp3) is 0.188. The number of rotatable bonds is 5. The summed E-state index contributed by atoms with van der Waals surface area (Å²) >= 11 is 0. The van der Waals surface area contributed by atoms with Gasteiger partial charge < -0.3 is 20.0 Å². The highest BCUT2D eigenvalue weighted by Crippen LogP contribution is 2.36. The maximum Gasteiger partial charge on any atom is 0.357 e. The minimum Gasteiger partial charge on any atom is -0.508 e. The summed E-state index contributed by atoms with van der Waals surface area (Å²) in [6.07, 6.45) is 0.0151. The Morgan fingerprint density at radius 3 is 2.35 bits per heavy atom. The van der Waals surface area contributed by atoms with Gasteiger partial charge in [-0.2, -0.15) is 0 Å². The molecule has 0 aromatic heterocycles. The topological polar surface area (TPSA) is 115 Å². The zero-order valence-corrected chi connectivity index (χ0v) is 13.3. The highest BCUT2D eigenvalue weighted by atomic mass is 31.2. The molecule has 0 radical (unpaired) electrons. The molecule has 2 aromatic carbocycles. The summed E-state index contributed by atoms with van der Waals surface area (Å²) in [7, 11) is -4.68. The zero-order chi connectivity index (χ0) is 17.2. The number of carbonyl (C=O) groups excluding carboxylic acids is 1. The van der Waals surface area contributed by atoms with Crippen LogP contribution in [-0.4, -0.2) is 25.8 Å². The van der Waals surface area contributed by atoms with E-state index in [-0.39, 0.29) is 29.4 Å². The van der Waals surface area contributed by atoms with Crippen molar-refractivity contribution in [3.8, 4) is 11.5 Å². The first-order valence-corrected chi connectivity index (χ1v) is 8.51. The van der Waals surface area contributed by atoms with Crippen molar-refractivity contribution in [1.29, 1.82) is 0 Å². The van der Waals surface area contributed by atoms with Crippen LogP contribution in [0.15, 0.2) is 42.5 Å². The van der Waals surface area contributed by atoms with Crippen LogP contribution in [0, 0.1) is 0 Å². The van der Waals surface area contributed by atoms with Crippen molar-refractivity contribution in [2.24, 2.45) is 0 Å². The summed E-state index contributed by atoms with van der Waals surface area (Å²) in [5.74, 6) is -0.921. The van der Waals surface area contributed by atoms with E-state index in [0.29, 0.717) is 0 Å². The van der Waals surface area contributed by atoms with Crippen LogP contribution in [0.3, 0.4) is 0 Å². The molecule has 1 atom stereocenters. The monoisotopic (exact) mass is 336 g/mol. The van der Waals surface area contributed by atoms with Crippen molar-refractivity contribution >= 4 is 18.7 Å². The molecule has 0 heterocycles. The average molecular weight is 336 g/mol. The van der Waals surface area contributed by atoms with E-state index in [1.165, 1.54) is 18.2 Å². The Bertz CT molecular complexity index is 780. The van der Waals surface area contributed by atoms with Crippen molar-refractivity contribution < 1.29 is 29.4 Å². The number of ketones is 1. The minimum atomic E-state index is -4.68. The van der Waals surface area contributed by atoms with Crippen LogP contribution in [0.25, 0.3) is 0 Å². The zero-order valence-electron chi connectivity index (χ0n) is 12.4. The van der Waals surface area contributed by atoms with Crippen molar-refractivity contribution in [2.45, 2.75) is 19.3 Å². The molecular formula is C16H17O6P. The van der Waals surface area contributed by atoms with Gasteiger partial charge in [-0.1, -0.05) is 19.1 Å². The number of hydrogen-bond acceptors (Lipinski definition) is 4. The maximum absolute atomic E-state index is 12.4. The number of carbonyl (C=O) groups is 1. The lowest BCUT2D eigenvalue weighted by Gasteiger charge is -2.14. The number of hydrogen-bond donors (Lipinski definition) is 4. The van der Waals surface area contributed by atoms with Gasteiger partial charge in [0.05, 0.1) is 5.30 Å². The molecule has 2 aromatic rings. The molecule has 6 nitrogen and oxygen atoms in total. The van der Waals surface area contributed by atoms with Gasteiger partial charge in [0.25, 0.3) is 0 Å². The third kappa shape index (κ3) is 4.20. The summed E-state index contributed by atoms with van der Waals surface area (Å²) in [4.78, 5) is 31.1. The molecule has 0 amide bonds. The van der Waals surface area contributed by atoms with Gasteiger partial charge in [0, 0.05) is 12.0 Å². The van der Waals surface area contributed by atoms with E-state index in [4.69, 9.17) is 0 Å². The van der Waals surface area contributed by atoms with Gasteiger partial charge in [0.2, 0.25) is 0 Å². The molecule has 0 aliphatic carbocycles. The van der Waals surface area contributed by atoms with Gasteiger partial charge in [-0.05, 0) is 41.8 Å². The van der Waals surface area contributed by atoms with Gasteiger partial charge in [0.1, 0.15) is 11.5 Å². The number of phenolic OH excluding ortho intramolecular Hbond substituents is 2. The smallest absolute Gasteiger partial charge is 0.357 e. The standard InChI is InChI=1S/C16H17O6P/c1-10(11-3-2-4-12(17)8-11)7-15(19)14-6-5-13(18)9-16(14)23(20,21)22/h2-6,8-10,17-18H,7H2,1H3,(H2,20,21,22). The highest BCUT2D eigenvalue weighted by molar-refractivity contribution is 7.60. The quantitative estimate of drug-likeness (QED) is 0.492. The largest absolute Gasteiger partial charge is 0.508 e. The van der Waals surface area contributed by atoms with Crippen LogP contribution < -0.4 is 5.30 Å². The molecular weight excluding hydrogens is 319 g/mol. The van der Waals surface area contributed by atoms with Crippen molar-refractivity contribution in [3.05, 3.63) is 53.6 Å². The van der Waals surface area contributed by atoms with Gasteiger partial charge in [-0.15, -0.1) is 0 Å². The summed E-state index contributed by atoms with van der Waals surface area (Å²) in [5, 5.41) is 18.4.